The Balaban J connectivity index is 1.63. The third-order valence-corrected chi connectivity index (χ3v) is 7.02. The molecule has 0 bridgehead atoms. The number of carbonyl (C=O) groups is 1. The van der Waals surface area contributed by atoms with Gasteiger partial charge in [-0.15, -0.1) is 0 Å². The molecule has 4 aromatic rings. The van der Waals surface area contributed by atoms with Crippen LogP contribution in [0.25, 0.3) is 10.8 Å². The van der Waals surface area contributed by atoms with Crippen LogP contribution >= 0.6 is 0 Å². The summed E-state index contributed by atoms with van der Waals surface area (Å²) in [6, 6.07) is 25.5. The molecule has 4 aromatic carbocycles. The van der Waals surface area contributed by atoms with E-state index >= 15 is 0 Å². The summed E-state index contributed by atoms with van der Waals surface area (Å²) in [5.41, 5.74) is 1.24. The van der Waals surface area contributed by atoms with Gasteiger partial charge in [0.25, 0.3) is 0 Å². The Morgan fingerprint density at radius 1 is 0.800 bits per heavy atom. The van der Waals surface area contributed by atoms with Crippen molar-refractivity contribution in [1.82, 2.24) is 4.72 Å². The van der Waals surface area contributed by atoms with E-state index in [1.54, 1.807) is 30.3 Å². The van der Waals surface area contributed by atoms with Gasteiger partial charge in [0.1, 0.15) is 17.5 Å². The number of hydrogen-bond acceptors (Lipinski definition) is 5. The molecule has 0 radical (unpaired) electrons. The summed E-state index contributed by atoms with van der Waals surface area (Å²) >= 11 is 0. The van der Waals surface area contributed by atoms with E-state index in [9.17, 15) is 13.2 Å². The molecular formula is C27H26N2O5S. The summed E-state index contributed by atoms with van der Waals surface area (Å²) in [7, 11) is -0.974. The molecule has 0 saturated heterocycles. The normalized spacial score (nSPS) is 12.2. The van der Waals surface area contributed by atoms with Gasteiger partial charge in [0.05, 0.1) is 19.1 Å². The van der Waals surface area contributed by atoms with Crippen molar-refractivity contribution in [2.24, 2.45) is 0 Å². The minimum atomic E-state index is -3.99. The third kappa shape index (κ3) is 5.98. The SMILES string of the molecule is COc1cc(NC(=O)C(Cc2ccccc2)NS(=O)(=O)c2ccc3ccccc3c2)cc(OC)c1. The largest absolute Gasteiger partial charge is 0.497 e. The predicted molar refractivity (Wildman–Crippen MR) is 136 cm³/mol. The van der Waals surface area contributed by atoms with Gasteiger partial charge in [-0.25, -0.2) is 8.42 Å². The highest BCUT2D eigenvalue weighted by Gasteiger charge is 2.27. The predicted octanol–water partition coefficient (Wildman–Crippen LogP) is 4.39. The van der Waals surface area contributed by atoms with E-state index in [1.807, 2.05) is 54.6 Å². The number of benzene rings is 4. The quantitative estimate of drug-likeness (QED) is 0.363. The van der Waals surface area contributed by atoms with E-state index in [0.717, 1.165) is 16.3 Å². The van der Waals surface area contributed by atoms with E-state index < -0.39 is 22.0 Å². The van der Waals surface area contributed by atoms with Gasteiger partial charge in [-0.1, -0.05) is 60.7 Å². The number of sulfonamides is 1. The molecule has 0 aromatic heterocycles. The Bertz CT molecular complexity index is 1420. The van der Waals surface area contributed by atoms with Crippen LogP contribution in [0.15, 0.2) is 95.9 Å². The lowest BCUT2D eigenvalue weighted by atomic mass is 10.1. The smallest absolute Gasteiger partial charge is 0.242 e. The molecule has 2 N–H and O–H groups in total. The Hall–Kier alpha value is -3.88. The average Bonchev–Trinajstić information content (AvgIpc) is 2.88. The first-order valence-electron chi connectivity index (χ1n) is 11.0. The zero-order valence-corrected chi connectivity index (χ0v) is 20.2. The number of rotatable bonds is 9. The van der Waals surface area contributed by atoms with Gasteiger partial charge in [-0.3, -0.25) is 4.79 Å². The highest BCUT2D eigenvalue weighted by atomic mass is 32.2. The van der Waals surface area contributed by atoms with Gasteiger partial charge in [-0.05, 0) is 34.9 Å². The van der Waals surface area contributed by atoms with Crippen molar-refractivity contribution in [3.8, 4) is 11.5 Å². The molecule has 0 saturated carbocycles. The molecule has 35 heavy (non-hydrogen) atoms. The molecule has 0 aliphatic carbocycles. The van der Waals surface area contributed by atoms with Gasteiger partial charge in [-0.2, -0.15) is 4.72 Å². The van der Waals surface area contributed by atoms with E-state index in [1.165, 1.54) is 20.3 Å². The number of amides is 1. The Labute approximate surface area is 204 Å². The third-order valence-electron chi connectivity index (χ3n) is 5.55. The molecule has 0 aliphatic heterocycles. The van der Waals surface area contributed by atoms with Crippen LogP contribution in [-0.2, 0) is 21.2 Å². The summed E-state index contributed by atoms with van der Waals surface area (Å²) in [4.78, 5) is 13.4. The molecule has 180 valence electrons. The second-order valence-electron chi connectivity index (χ2n) is 7.96. The van der Waals surface area contributed by atoms with Crippen molar-refractivity contribution in [3.63, 3.8) is 0 Å². The number of methoxy groups -OCH3 is 2. The number of carbonyl (C=O) groups excluding carboxylic acids is 1. The number of anilines is 1. The lowest BCUT2D eigenvalue weighted by molar-refractivity contribution is -0.117. The van der Waals surface area contributed by atoms with Crippen LogP contribution in [0, 0.1) is 0 Å². The van der Waals surface area contributed by atoms with Crippen LogP contribution in [0.5, 0.6) is 11.5 Å². The van der Waals surface area contributed by atoms with Gasteiger partial charge in [0.2, 0.25) is 15.9 Å². The summed E-state index contributed by atoms with van der Waals surface area (Å²) in [5.74, 6) is 0.487. The van der Waals surface area contributed by atoms with Crippen molar-refractivity contribution in [3.05, 3.63) is 96.6 Å². The van der Waals surface area contributed by atoms with Crippen molar-refractivity contribution >= 4 is 32.4 Å². The lowest BCUT2D eigenvalue weighted by Crippen LogP contribution is -2.45. The van der Waals surface area contributed by atoms with Crippen LogP contribution < -0.4 is 19.5 Å². The molecule has 1 atom stereocenters. The van der Waals surface area contributed by atoms with Gasteiger partial charge in [0, 0.05) is 23.9 Å². The number of hydrogen-bond donors (Lipinski definition) is 2. The Kier molecular flexibility index (Phi) is 7.33. The van der Waals surface area contributed by atoms with Gasteiger partial charge < -0.3 is 14.8 Å². The van der Waals surface area contributed by atoms with Crippen LogP contribution in [-0.4, -0.2) is 34.6 Å². The molecule has 1 amide bonds. The van der Waals surface area contributed by atoms with E-state index in [2.05, 4.69) is 10.0 Å². The highest BCUT2D eigenvalue weighted by Crippen LogP contribution is 2.26. The fraction of sp³-hybridized carbons (Fsp3) is 0.148. The molecule has 0 fully saturated rings. The standard InChI is InChI=1S/C27H26N2O5S/c1-33-23-16-22(17-24(18-23)34-2)28-27(30)26(14-19-8-4-3-5-9-19)29-35(31,32)25-13-12-20-10-6-7-11-21(20)15-25/h3-13,15-18,26,29H,14H2,1-2H3,(H,28,30). The molecule has 4 rings (SSSR count). The summed E-state index contributed by atoms with van der Waals surface area (Å²) in [6.45, 7) is 0. The Morgan fingerprint density at radius 3 is 2.09 bits per heavy atom. The van der Waals surface area contributed by atoms with Crippen LogP contribution in [0.1, 0.15) is 5.56 Å². The van der Waals surface area contributed by atoms with E-state index in [4.69, 9.17) is 9.47 Å². The molecular weight excluding hydrogens is 464 g/mol. The second kappa shape index (κ2) is 10.6. The summed E-state index contributed by atoms with van der Waals surface area (Å²) in [5, 5.41) is 4.51. The zero-order valence-electron chi connectivity index (χ0n) is 19.4. The van der Waals surface area contributed by atoms with E-state index in [0.29, 0.717) is 17.2 Å². The van der Waals surface area contributed by atoms with Crippen molar-refractivity contribution in [2.75, 3.05) is 19.5 Å². The second-order valence-corrected chi connectivity index (χ2v) is 9.68. The zero-order chi connectivity index (χ0) is 24.8. The molecule has 0 aliphatic rings. The first kappa shape index (κ1) is 24.3. The van der Waals surface area contributed by atoms with Gasteiger partial charge in [0.15, 0.2) is 0 Å². The maximum atomic E-state index is 13.3. The molecule has 8 heteroatoms. The highest BCUT2D eigenvalue weighted by molar-refractivity contribution is 7.89. The van der Waals surface area contributed by atoms with Crippen LogP contribution in [0.2, 0.25) is 0 Å². The van der Waals surface area contributed by atoms with Crippen molar-refractivity contribution in [1.29, 1.82) is 0 Å². The molecule has 0 spiro atoms. The molecule has 1 unspecified atom stereocenters. The van der Waals surface area contributed by atoms with Crippen LogP contribution in [0.3, 0.4) is 0 Å². The first-order valence-corrected chi connectivity index (χ1v) is 12.5. The van der Waals surface area contributed by atoms with Gasteiger partial charge >= 0.3 is 0 Å². The average molecular weight is 491 g/mol. The monoisotopic (exact) mass is 490 g/mol. The minimum absolute atomic E-state index is 0.0881. The molecule has 7 nitrogen and oxygen atoms in total. The Morgan fingerprint density at radius 2 is 1.43 bits per heavy atom. The van der Waals surface area contributed by atoms with E-state index in [-0.39, 0.29) is 11.3 Å². The number of nitrogens with one attached hydrogen (secondary N) is 2. The van der Waals surface area contributed by atoms with Crippen molar-refractivity contribution < 1.29 is 22.7 Å². The maximum absolute atomic E-state index is 13.3. The lowest BCUT2D eigenvalue weighted by Gasteiger charge is -2.19. The summed E-state index contributed by atoms with van der Waals surface area (Å²) < 4.78 is 39.7. The maximum Gasteiger partial charge on any atom is 0.242 e. The summed E-state index contributed by atoms with van der Waals surface area (Å²) in [6.07, 6.45) is 0.167. The first-order chi connectivity index (χ1) is 16.9. The van der Waals surface area contributed by atoms with Crippen molar-refractivity contribution in [2.45, 2.75) is 17.4 Å². The topological polar surface area (TPSA) is 93.7 Å². The fourth-order valence-electron chi connectivity index (χ4n) is 3.74. The molecule has 0 heterocycles. The number of fused-ring (bicyclic) bond motifs is 1. The number of ether oxygens (including phenoxy) is 2. The van der Waals surface area contributed by atoms with Crippen LogP contribution in [0.4, 0.5) is 5.69 Å². The fourth-order valence-corrected chi connectivity index (χ4v) is 4.97. The minimum Gasteiger partial charge on any atom is -0.497 e.